The zero-order chi connectivity index (χ0) is 9.26. The third kappa shape index (κ3) is 1.53. The number of carbonyl (C=O) groups excluding carboxylic acids is 1. The van der Waals surface area contributed by atoms with Gasteiger partial charge in [-0.1, -0.05) is 0 Å². The summed E-state index contributed by atoms with van der Waals surface area (Å²) in [5, 5.41) is 2.68. The molecular formula is C9H7NO2S. The average molecular weight is 193 g/mol. The maximum Gasteiger partial charge on any atom is 0.308 e. The molecule has 0 saturated heterocycles. The van der Waals surface area contributed by atoms with Crippen molar-refractivity contribution in [2.24, 2.45) is 0 Å². The van der Waals surface area contributed by atoms with Gasteiger partial charge in [0.25, 0.3) is 0 Å². The van der Waals surface area contributed by atoms with Crippen LogP contribution >= 0.6 is 11.3 Å². The molecule has 2 heterocycles. The van der Waals surface area contributed by atoms with Gasteiger partial charge in [-0.2, -0.15) is 0 Å². The minimum atomic E-state index is -0.302. The average Bonchev–Trinajstić information content (AvgIpc) is 2.48. The molecule has 0 aliphatic carbocycles. The Morgan fingerprint density at radius 1 is 1.62 bits per heavy atom. The second-order valence-corrected chi connectivity index (χ2v) is 3.41. The summed E-state index contributed by atoms with van der Waals surface area (Å²) in [7, 11) is 0. The number of nitrogens with zero attached hydrogens (tertiary/aromatic N) is 1. The van der Waals surface area contributed by atoms with Crippen LogP contribution in [-0.2, 0) is 4.79 Å². The first kappa shape index (κ1) is 8.19. The van der Waals surface area contributed by atoms with E-state index in [0.29, 0.717) is 5.75 Å². The molecule has 0 atom stereocenters. The quantitative estimate of drug-likeness (QED) is 0.652. The monoisotopic (exact) mass is 193 g/mol. The minimum absolute atomic E-state index is 0.302. The van der Waals surface area contributed by atoms with Crippen LogP contribution in [-0.4, -0.2) is 11.0 Å². The highest BCUT2D eigenvalue weighted by molar-refractivity contribution is 7.17. The third-order valence-electron chi connectivity index (χ3n) is 1.57. The van der Waals surface area contributed by atoms with E-state index >= 15 is 0 Å². The van der Waals surface area contributed by atoms with Crippen molar-refractivity contribution in [3.8, 4) is 5.75 Å². The predicted octanol–water partition coefficient (Wildman–Crippen LogP) is 2.22. The first-order chi connectivity index (χ1) is 6.27. The smallest absolute Gasteiger partial charge is 0.308 e. The van der Waals surface area contributed by atoms with Gasteiger partial charge in [0.05, 0.1) is 5.39 Å². The molecule has 0 N–H and O–H groups in total. The van der Waals surface area contributed by atoms with Gasteiger partial charge in [0.15, 0.2) is 5.75 Å². The Morgan fingerprint density at radius 2 is 2.46 bits per heavy atom. The van der Waals surface area contributed by atoms with Crippen molar-refractivity contribution in [2.75, 3.05) is 0 Å². The second kappa shape index (κ2) is 3.14. The molecule has 0 aliphatic heterocycles. The van der Waals surface area contributed by atoms with Gasteiger partial charge >= 0.3 is 5.97 Å². The zero-order valence-electron chi connectivity index (χ0n) is 6.98. The van der Waals surface area contributed by atoms with E-state index in [1.165, 1.54) is 18.3 Å². The van der Waals surface area contributed by atoms with Crippen molar-refractivity contribution in [3.05, 3.63) is 23.7 Å². The summed E-state index contributed by atoms with van der Waals surface area (Å²) in [6.07, 6.45) is 1.72. The van der Waals surface area contributed by atoms with Crippen molar-refractivity contribution >= 4 is 27.5 Å². The number of thiophene rings is 1. The molecule has 0 amide bonds. The highest BCUT2D eigenvalue weighted by atomic mass is 32.1. The van der Waals surface area contributed by atoms with Crippen LogP contribution in [0.25, 0.3) is 10.2 Å². The molecule has 4 heteroatoms. The molecule has 0 fully saturated rings. The number of hydrogen-bond acceptors (Lipinski definition) is 4. The number of hydrogen-bond donors (Lipinski definition) is 0. The van der Waals surface area contributed by atoms with E-state index in [4.69, 9.17) is 4.74 Å². The molecule has 2 aromatic rings. The van der Waals surface area contributed by atoms with E-state index in [9.17, 15) is 4.79 Å². The fraction of sp³-hybridized carbons (Fsp3) is 0.111. The Labute approximate surface area is 79.0 Å². The van der Waals surface area contributed by atoms with Crippen LogP contribution in [0, 0.1) is 0 Å². The maximum absolute atomic E-state index is 10.7. The molecule has 0 radical (unpaired) electrons. The van der Waals surface area contributed by atoms with E-state index in [2.05, 4.69) is 4.98 Å². The van der Waals surface area contributed by atoms with Crippen molar-refractivity contribution in [2.45, 2.75) is 6.92 Å². The molecular weight excluding hydrogens is 186 g/mol. The SMILES string of the molecule is CC(=O)Oc1csc2ncccc12. The summed E-state index contributed by atoms with van der Waals surface area (Å²) in [5.74, 6) is 0.296. The molecule has 13 heavy (non-hydrogen) atoms. The summed E-state index contributed by atoms with van der Waals surface area (Å²) < 4.78 is 5.00. The van der Waals surface area contributed by atoms with Crippen LogP contribution in [0.2, 0.25) is 0 Å². The van der Waals surface area contributed by atoms with Gasteiger partial charge in [0.2, 0.25) is 0 Å². The molecule has 2 rings (SSSR count). The lowest BCUT2D eigenvalue weighted by Gasteiger charge is -1.96. The van der Waals surface area contributed by atoms with E-state index in [0.717, 1.165) is 10.2 Å². The van der Waals surface area contributed by atoms with E-state index in [1.54, 1.807) is 11.6 Å². The van der Waals surface area contributed by atoms with E-state index in [-0.39, 0.29) is 5.97 Å². The number of esters is 1. The number of fused-ring (bicyclic) bond motifs is 1. The molecule has 0 aliphatic rings. The number of carbonyl (C=O) groups is 1. The Hall–Kier alpha value is -1.42. The summed E-state index contributed by atoms with van der Waals surface area (Å²) in [6.45, 7) is 1.39. The molecule has 0 unspecified atom stereocenters. The van der Waals surface area contributed by atoms with Gasteiger partial charge in [0, 0.05) is 18.5 Å². The number of ether oxygens (including phenoxy) is 1. The first-order valence-corrected chi connectivity index (χ1v) is 4.66. The van der Waals surface area contributed by atoms with Crippen molar-refractivity contribution in [3.63, 3.8) is 0 Å². The summed E-state index contributed by atoms with van der Waals surface area (Å²) in [6, 6.07) is 3.71. The zero-order valence-corrected chi connectivity index (χ0v) is 7.80. The molecule has 0 spiro atoms. The third-order valence-corrected chi connectivity index (χ3v) is 2.45. The molecule has 0 bridgehead atoms. The highest BCUT2D eigenvalue weighted by Crippen LogP contribution is 2.30. The van der Waals surface area contributed by atoms with Gasteiger partial charge in [-0.25, -0.2) is 4.98 Å². The normalized spacial score (nSPS) is 10.2. The Morgan fingerprint density at radius 3 is 3.23 bits per heavy atom. The molecule has 3 nitrogen and oxygen atoms in total. The number of pyridine rings is 1. The van der Waals surface area contributed by atoms with E-state index < -0.39 is 0 Å². The predicted molar refractivity (Wildman–Crippen MR) is 50.9 cm³/mol. The van der Waals surface area contributed by atoms with Crippen LogP contribution in [0.3, 0.4) is 0 Å². The lowest BCUT2D eigenvalue weighted by Crippen LogP contribution is -2.00. The van der Waals surface area contributed by atoms with Crippen LogP contribution < -0.4 is 4.74 Å². The summed E-state index contributed by atoms with van der Waals surface area (Å²) >= 11 is 1.47. The van der Waals surface area contributed by atoms with Crippen LogP contribution in [0.15, 0.2) is 23.7 Å². The van der Waals surface area contributed by atoms with Gasteiger partial charge < -0.3 is 4.74 Å². The highest BCUT2D eigenvalue weighted by Gasteiger charge is 2.06. The molecule has 0 saturated carbocycles. The number of rotatable bonds is 1. The van der Waals surface area contributed by atoms with Crippen molar-refractivity contribution in [1.29, 1.82) is 0 Å². The fourth-order valence-electron chi connectivity index (χ4n) is 1.08. The Kier molecular flexibility index (Phi) is 1.98. The van der Waals surface area contributed by atoms with Crippen molar-refractivity contribution in [1.82, 2.24) is 4.98 Å². The van der Waals surface area contributed by atoms with Gasteiger partial charge in [-0.05, 0) is 12.1 Å². The van der Waals surface area contributed by atoms with Gasteiger partial charge in [0.1, 0.15) is 4.83 Å². The van der Waals surface area contributed by atoms with E-state index in [1.807, 2.05) is 12.1 Å². The van der Waals surface area contributed by atoms with Gasteiger partial charge in [-0.3, -0.25) is 4.79 Å². The lowest BCUT2D eigenvalue weighted by atomic mass is 10.3. The fourth-order valence-corrected chi connectivity index (χ4v) is 1.89. The minimum Gasteiger partial charge on any atom is -0.425 e. The number of aromatic nitrogens is 1. The molecule has 66 valence electrons. The largest absolute Gasteiger partial charge is 0.425 e. The van der Waals surface area contributed by atoms with Crippen LogP contribution in [0.1, 0.15) is 6.92 Å². The van der Waals surface area contributed by atoms with Gasteiger partial charge in [-0.15, -0.1) is 11.3 Å². The Bertz CT molecular complexity index is 450. The lowest BCUT2D eigenvalue weighted by molar-refractivity contribution is -0.131. The summed E-state index contributed by atoms with van der Waals surface area (Å²) in [4.78, 5) is 15.7. The first-order valence-electron chi connectivity index (χ1n) is 3.78. The molecule has 2 aromatic heterocycles. The molecule has 0 aromatic carbocycles. The maximum atomic E-state index is 10.7. The topological polar surface area (TPSA) is 39.2 Å². The Balaban J connectivity index is 2.51. The standard InChI is InChI=1S/C9H7NO2S/c1-6(11)12-8-5-13-9-7(8)3-2-4-10-9/h2-5H,1H3. The van der Waals surface area contributed by atoms with Crippen molar-refractivity contribution < 1.29 is 9.53 Å². The summed E-state index contributed by atoms with van der Waals surface area (Å²) in [5.41, 5.74) is 0. The van der Waals surface area contributed by atoms with Crippen LogP contribution in [0.4, 0.5) is 0 Å². The second-order valence-electron chi connectivity index (χ2n) is 2.55. The van der Waals surface area contributed by atoms with Crippen LogP contribution in [0.5, 0.6) is 5.75 Å².